The Bertz CT molecular complexity index is 467. The molecular weight excluding hydrogens is 266 g/mol. The number of anilines is 2. The van der Waals surface area contributed by atoms with Crippen molar-refractivity contribution in [2.24, 2.45) is 0 Å². The summed E-state index contributed by atoms with van der Waals surface area (Å²) in [5.41, 5.74) is 5.88. The summed E-state index contributed by atoms with van der Waals surface area (Å²) >= 11 is 0. The van der Waals surface area contributed by atoms with Gasteiger partial charge in [-0.25, -0.2) is 9.97 Å². The van der Waals surface area contributed by atoms with Gasteiger partial charge in [0, 0.05) is 45.4 Å². The summed E-state index contributed by atoms with van der Waals surface area (Å²) in [6.07, 6.45) is 5.54. The van der Waals surface area contributed by atoms with E-state index in [2.05, 4.69) is 19.8 Å². The maximum absolute atomic E-state index is 5.88. The minimum absolute atomic E-state index is 0.403. The van der Waals surface area contributed by atoms with Gasteiger partial charge in [-0.15, -0.1) is 0 Å². The van der Waals surface area contributed by atoms with E-state index in [1.54, 1.807) is 7.11 Å². The van der Waals surface area contributed by atoms with Gasteiger partial charge in [-0.2, -0.15) is 0 Å². The van der Waals surface area contributed by atoms with Crippen molar-refractivity contribution in [1.29, 1.82) is 0 Å². The van der Waals surface area contributed by atoms with Gasteiger partial charge >= 0.3 is 0 Å². The third-order valence-corrected chi connectivity index (χ3v) is 4.53. The molecule has 0 amide bonds. The number of nitrogens with zero attached hydrogens (tertiary/aromatic N) is 4. The van der Waals surface area contributed by atoms with Crippen LogP contribution in [0, 0.1) is 0 Å². The Balaban J connectivity index is 1.63. The molecule has 2 fully saturated rings. The van der Waals surface area contributed by atoms with Crippen molar-refractivity contribution >= 4 is 11.6 Å². The van der Waals surface area contributed by atoms with E-state index >= 15 is 0 Å². The number of nitrogen functional groups attached to an aromatic ring is 1. The Morgan fingerprint density at radius 1 is 1.19 bits per heavy atom. The van der Waals surface area contributed by atoms with Crippen LogP contribution in [-0.4, -0.2) is 54.2 Å². The average Bonchev–Trinajstić information content (AvgIpc) is 3.01. The molecule has 0 bridgehead atoms. The molecule has 21 heavy (non-hydrogen) atoms. The first kappa shape index (κ1) is 14.5. The third kappa shape index (κ3) is 3.44. The van der Waals surface area contributed by atoms with Crippen molar-refractivity contribution in [2.75, 3.05) is 43.9 Å². The fraction of sp³-hybridized carbons (Fsp3) is 0.733. The van der Waals surface area contributed by atoms with Gasteiger partial charge in [0.15, 0.2) is 5.82 Å². The third-order valence-electron chi connectivity index (χ3n) is 4.53. The molecule has 3 rings (SSSR count). The molecule has 1 aromatic heterocycles. The number of hydrogen-bond acceptors (Lipinski definition) is 6. The second kappa shape index (κ2) is 6.58. The summed E-state index contributed by atoms with van der Waals surface area (Å²) in [5.74, 6) is 2.11. The highest BCUT2D eigenvalue weighted by atomic mass is 16.5. The molecule has 0 radical (unpaired) electrons. The van der Waals surface area contributed by atoms with Crippen molar-refractivity contribution in [3.05, 3.63) is 11.9 Å². The van der Waals surface area contributed by atoms with Crippen LogP contribution < -0.4 is 10.6 Å². The quantitative estimate of drug-likeness (QED) is 0.901. The number of rotatable bonds is 4. The molecule has 0 aromatic carbocycles. The Morgan fingerprint density at radius 2 is 1.90 bits per heavy atom. The van der Waals surface area contributed by atoms with Crippen LogP contribution in [0.1, 0.15) is 31.5 Å². The molecule has 2 heterocycles. The average molecular weight is 291 g/mol. The van der Waals surface area contributed by atoms with Crippen LogP contribution >= 0.6 is 0 Å². The molecule has 2 N–H and O–H groups in total. The summed E-state index contributed by atoms with van der Waals surface area (Å²) in [6, 6.07) is 2.68. The Labute approximate surface area is 126 Å². The van der Waals surface area contributed by atoms with Gasteiger partial charge in [0.25, 0.3) is 0 Å². The zero-order valence-corrected chi connectivity index (χ0v) is 12.8. The molecular formula is C15H25N5O. The van der Waals surface area contributed by atoms with E-state index in [0.717, 1.165) is 38.0 Å². The minimum Gasteiger partial charge on any atom is -0.384 e. The Kier molecular flexibility index (Phi) is 4.55. The first-order valence-electron chi connectivity index (χ1n) is 7.87. The predicted molar refractivity (Wildman–Crippen MR) is 83.2 cm³/mol. The highest BCUT2D eigenvalue weighted by molar-refractivity contribution is 5.47. The molecule has 0 unspecified atom stereocenters. The normalized spacial score (nSPS) is 21.1. The molecule has 1 aliphatic carbocycles. The fourth-order valence-electron chi connectivity index (χ4n) is 3.44. The standard InChI is InChI=1S/C15H25N5O/c1-21-11-14-17-13(16)10-15(18-14)20-8-6-19(7-9-20)12-4-2-3-5-12/h10,12H,2-9,11H2,1H3,(H2,16,17,18). The minimum atomic E-state index is 0.403. The summed E-state index contributed by atoms with van der Waals surface area (Å²) in [6.45, 7) is 4.67. The molecule has 1 aliphatic heterocycles. The lowest BCUT2D eigenvalue weighted by Gasteiger charge is -2.38. The van der Waals surface area contributed by atoms with Crippen molar-refractivity contribution in [3.63, 3.8) is 0 Å². The number of methoxy groups -OCH3 is 1. The Morgan fingerprint density at radius 3 is 2.57 bits per heavy atom. The van der Waals surface area contributed by atoms with E-state index in [9.17, 15) is 0 Å². The van der Waals surface area contributed by atoms with Crippen LogP contribution in [0.25, 0.3) is 0 Å². The van der Waals surface area contributed by atoms with Gasteiger partial charge in [-0.05, 0) is 12.8 Å². The number of piperazine rings is 1. The predicted octanol–water partition coefficient (Wildman–Crippen LogP) is 1.27. The maximum Gasteiger partial charge on any atom is 0.158 e. The summed E-state index contributed by atoms with van der Waals surface area (Å²) in [5, 5.41) is 0. The van der Waals surface area contributed by atoms with Crippen molar-refractivity contribution in [2.45, 2.75) is 38.3 Å². The van der Waals surface area contributed by atoms with E-state index in [4.69, 9.17) is 10.5 Å². The second-order valence-electron chi connectivity index (χ2n) is 5.96. The highest BCUT2D eigenvalue weighted by Gasteiger charge is 2.26. The topological polar surface area (TPSA) is 67.5 Å². The van der Waals surface area contributed by atoms with Crippen LogP contribution in [0.3, 0.4) is 0 Å². The maximum atomic E-state index is 5.88. The van der Waals surface area contributed by atoms with E-state index in [0.29, 0.717) is 18.2 Å². The molecule has 0 spiro atoms. The van der Waals surface area contributed by atoms with Crippen LogP contribution in [0.4, 0.5) is 11.6 Å². The molecule has 1 saturated carbocycles. The largest absolute Gasteiger partial charge is 0.384 e. The van der Waals surface area contributed by atoms with Gasteiger partial charge in [-0.1, -0.05) is 12.8 Å². The molecule has 6 nitrogen and oxygen atoms in total. The summed E-state index contributed by atoms with van der Waals surface area (Å²) < 4.78 is 5.10. The van der Waals surface area contributed by atoms with Gasteiger partial charge < -0.3 is 15.4 Å². The number of nitrogens with two attached hydrogens (primary N) is 1. The van der Waals surface area contributed by atoms with Gasteiger partial charge in [-0.3, -0.25) is 4.90 Å². The lowest BCUT2D eigenvalue weighted by molar-refractivity contribution is 0.177. The zero-order valence-electron chi connectivity index (χ0n) is 12.8. The summed E-state index contributed by atoms with van der Waals surface area (Å²) in [7, 11) is 1.65. The lowest BCUT2D eigenvalue weighted by Crippen LogP contribution is -2.50. The molecule has 0 atom stereocenters. The van der Waals surface area contributed by atoms with Crippen molar-refractivity contribution in [3.8, 4) is 0 Å². The van der Waals surface area contributed by atoms with Gasteiger partial charge in [0.1, 0.15) is 18.2 Å². The van der Waals surface area contributed by atoms with E-state index in [-0.39, 0.29) is 0 Å². The molecule has 1 saturated heterocycles. The SMILES string of the molecule is COCc1nc(N)cc(N2CCN(C3CCCC3)CC2)n1. The molecule has 6 heteroatoms. The van der Waals surface area contributed by atoms with Crippen molar-refractivity contribution in [1.82, 2.24) is 14.9 Å². The summed E-state index contributed by atoms with van der Waals surface area (Å²) in [4.78, 5) is 13.7. The van der Waals surface area contributed by atoms with Gasteiger partial charge in [0.2, 0.25) is 0 Å². The number of hydrogen-bond donors (Lipinski definition) is 1. The van der Waals surface area contributed by atoms with Gasteiger partial charge in [0.05, 0.1) is 0 Å². The zero-order chi connectivity index (χ0) is 14.7. The van der Waals surface area contributed by atoms with Crippen LogP contribution in [0.2, 0.25) is 0 Å². The van der Waals surface area contributed by atoms with Crippen molar-refractivity contribution < 1.29 is 4.74 Å². The number of ether oxygens (including phenoxy) is 1. The smallest absolute Gasteiger partial charge is 0.158 e. The second-order valence-corrected chi connectivity index (χ2v) is 5.96. The molecule has 1 aromatic rings. The Hall–Kier alpha value is -1.40. The first-order valence-corrected chi connectivity index (χ1v) is 7.87. The van der Waals surface area contributed by atoms with E-state index in [1.807, 2.05) is 6.07 Å². The van der Waals surface area contributed by atoms with Crippen LogP contribution in [-0.2, 0) is 11.3 Å². The lowest BCUT2D eigenvalue weighted by atomic mass is 10.2. The van der Waals surface area contributed by atoms with Crippen LogP contribution in [0.15, 0.2) is 6.07 Å². The number of aromatic nitrogens is 2. The molecule has 2 aliphatic rings. The molecule has 116 valence electrons. The highest BCUT2D eigenvalue weighted by Crippen LogP contribution is 2.25. The van der Waals surface area contributed by atoms with E-state index < -0.39 is 0 Å². The monoisotopic (exact) mass is 291 g/mol. The van der Waals surface area contributed by atoms with E-state index in [1.165, 1.54) is 25.7 Å². The fourth-order valence-corrected chi connectivity index (χ4v) is 3.44. The first-order chi connectivity index (χ1) is 10.3. The van der Waals surface area contributed by atoms with Crippen LogP contribution in [0.5, 0.6) is 0 Å².